The van der Waals surface area contributed by atoms with Gasteiger partial charge in [-0.25, -0.2) is 0 Å². The maximum Gasteiger partial charge on any atom is 0.229 e. The van der Waals surface area contributed by atoms with E-state index in [0.29, 0.717) is 12.3 Å². The lowest BCUT2D eigenvalue weighted by atomic mass is 10.3. The van der Waals surface area contributed by atoms with Gasteiger partial charge >= 0.3 is 0 Å². The molecule has 0 aromatic rings. The lowest BCUT2D eigenvalue weighted by molar-refractivity contribution is -0.124. The van der Waals surface area contributed by atoms with Gasteiger partial charge in [0.2, 0.25) is 5.91 Å². The van der Waals surface area contributed by atoms with Gasteiger partial charge in [-0.2, -0.15) is 11.8 Å². The summed E-state index contributed by atoms with van der Waals surface area (Å²) in [6.45, 7) is 0. The summed E-state index contributed by atoms with van der Waals surface area (Å²) in [6.07, 6.45) is 2.42. The summed E-state index contributed by atoms with van der Waals surface area (Å²) in [5.41, 5.74) is 0. The van der Waals surface area contributed by atoms with Crippen LogP contribution < -0.4 is 0 Å². The molecule has 0 saturated carbocycles. The lowest BCUT2D eigenvalue weighted by Gasteiger charge is -2.08. The van der Waals surface area contributed by atoms with Gasteiger partial charge in [0.25, 0.3) is 0 Å². The molecule has 1 atom stereocenters. The van der Waals surface area contributed by atoms with Gasteiger partial charge in [-0.1, -0.05) is 0 Å². The topological polar surface area (TPSA) is 44.2 Å². The average molecular weight is 158 g/mol. The molecule has 10 heavy (non-hydrogen) atoms. The Morgan fingerprint density at radius 1 is 1.80 bits per heavy atom. The molecule has 0 spiro atoms. The number of hydrogen-bond donors (Lipinski definition) is 1. The molecule has 1 saturated heterocycles. The molecule has 1 rings (SSSR count). The van der Waals surface area contributed by atoms with Gasteiger partial charge in [0.05, 0.1) is 5.25 Å². The van der Waals surface area contributed by atoms with E-state index in [-0.39, 0.29) is 11.2 Å². The Hall–Kier alpha value is -0.510. The van der Waals surface area contributed by atoms with Crippen LogP contribution in [0.25, 0.3) is 0 Å². The number of rotatable bonds is 1. The third-order valence-corrected chi connectivity index (χ3v) is 2.64. The summed E-state index contributed by atoms with van der Waals surface area (Å²) in [5, 5.41) is 7.52. The summed E-state index contributed by atoms with van der Waals surface area (Å²) >= 11 is 1.56. The molecule has 0 radical (unpaired) electrons. The number of carbonyl (C=O) groups is 1. The van der Waals surface area contributed by atoms with Crippen LogP contribution in [0.4, 0.5) is 0 Å². The van der Waals surface area contributed by atoms with E-state index in [4.69, 9.17) is 5.41 Å². The zero-order chi connectivity index (χ0) is 7.72. The van der Waals surface area contributed by atoms with E-state index in [1.54, 1.807) is 18.8 Å². The van der Waals surface area contributed by atoms with Gasteiger partial charge < -0.3 is 4.90 Å². The largest absolute Gasteiger partial charge is 0.303 e. The van der Waals surface area contributed by atoms with Crippen LogP contribution in [0, 0.1) is 5.41 Å². The number of hydrogen-bond acceptors (Lipinski definition) is 3. The normalized spacial score (nSPS) is 26.2. The summed E-state index contributed by atoms with van der Waals surface area (Å²) in [4.78, 5) is 12.3. The first-order valence-electron chi connectivity index (χ1n) is 3.04. The third-order valence-electron chi connectivity index (χ3n) is 1.68. The molecule has 1 fully saturated rings. The van der Waals surface area contributed by atoms with Crippen LogP contribution in [0.5, 0.6) is 0 Å². The fourth-order valence-electron chi connectivity index (χ4n) is 0.938. The fourth-order valence-corrected chi connectivity index (χ4v) is 1.63. The van der Waals surface area contributed by atoms with Crippen molar-refractivity contribution in [3.63, 3.8) is 0 Å². The Balaban J connectivity index is 2.71. The predicted octanol–water partition coefficient (Wildman–Crippen LogP) is 0.557. The van der Waals surface area contributed by atoms with Crippen molar-refractivity contribution in [1.29, 1.82) is 5.41 Å². The second-order valence-corrected chi connectivity index (χ2v) is 3.31. The molecule has 56 valence electrons. The van der Waals surface area contributed by atoms with Crippen molar-refractivity contribution in [2.24, 2.45) is 0 Å². The van der Waals surface area contributed by atoms with Crippen LogP contribution in [0.1, 0.15) is 6.42 Å². The quantitative estimate of drug-likeness (QED) is 0.606. The molecule has 1 aliphatic heterocycles. The van der Waals surface area contributed by atoms with E-state index < -0.39 is 0 Å². The summed E-state index contributed by atoms with van der Waals surface area (Å²) in [6, 6.07) is 0. The standard InChI is InChI=1S/C6H10N2OS/c1-8-5(9)3-4(10-2)6(8)7/h4,7H,3H2,1-2H3. The first kappa shape index (κ1) is 7.60. The number of nitrogens with one attached hydrogen (secondary N) is 1. The molecule has 0 aliphatic carbocycles. The number of amides is 1. The number of amidine groups is 1. The van der Waals surface area contributed by atoms with Crippen molar-refractivity contribution in [3.05, 3.63) is 0 Å². The highest BCUT2D eigenvalue weighted by Crippen LogP contribution is 2.21. The first-order chi connectivity index (χ1) is 4.66. The van der Waals surface area contributed by atoms with Crippen LogP contribution in [0.15, 0.2) is 0 Å². The highest BCUT2D eigenvalue weighted by molar-refractivity contribution is 8.00. The van der Waals surface area contributed by atoms with Gasteiger partial charge in [0.1, 0.15) is 5.84 Å². The van der Waals surface area contributed by atoms with Crippen molar-refractivity contribution >= 4 is 23.5 Å². The molecule has 1 aliphatic rings. The van der Waals surface area contributed by atoms with Gasteiger partial charge in [-0.15, -0.1) is 0 Å². The Bertz CT molecular complexity index is 181. The molecule has 1 N–H and O–H groups in total. The van der Waals surface area contributed by atoms with Crippen LogP contribution in [-0.4, -0.2) is 35.2 Å². The fraction of sp³-hybridized carbons (Fsp3) is 0.667. The summed E-state index contributed by atoms with van der Waals surface area (Å²) in [5.74, 6) is 0.502. The van der Waals surface area contributed by atoms with Crippen molar-refractivity contribution in [2.45, 2.75) is 11.7 Å². The third kappa shape index (κ3) is 1.03. The highest BCUT2D eigenvalue weighted by Gasteiger charge is 2.31. The van der Waals surface area contributed by atoms with Crippen LogP contribution in [0.3, 0.4) is 0 Å². The maximum atomic E-state index is 10.9. The predicted molar refractivity (Wildman–Crippen MR) is 42.4 cm³/mol. The van der Waals surface area contributed by atoms with Gasteiger partial charge in [-0.3, -0.25) is 10.2 Å². The van der Waals surface area contributed by atoms with Crippen LogP contribution in [-0.2, 0) is 4.79 Å². The van der Waals surface area contributed by atoms with E-state index in [1.807, 2.05) is 6.26 Å². The first-order valence-corrected chi connectivity index (χ1v) is 4.33. The van der Waals surface area contributed by atoms with E-state index in [1.165, 1.54) is 4.90 Å². The molecule has 4 heteroatoms. The van der Waals surface area contributed by atoms with Crippen molar-refractivity contribution in [1.82, 2.24) is 4.90 Å². The minimum Gasteiger partial charge on any atom is -0.303 e. The van der Waals surface area contributed by atoms with E-state index in [0.717, 1.165) is 0 Å². The SMILES string of the molecule is CSC1CC(=O)N(C)C1=N. The van der Waals surface area contributed by atoms with Crippen molar-refractivity contribution in [2.75, 3.05) is 13.3 Å². The monoisotopic (exact) mass is 158 g/mol. The van der Waals surface area contributed by atoms with E-state index in [9.17, 15) is 4.79 Å². The molecule has 0 aromatic carbocycles. The van der Waals surface area contributed by atoms with E-state index in [2.05, 4.69) is 0 Å². The molecular weight excluding hydrogens is 148 g/mol. The van der Waals surface area contributed by atoms with Gasteiger partial charge in [0.15, 0.2) is 0 Å². The zero-order valence-electron chi connectivity index (χ0n) is 6.05. The number of thioether (sulfide) groups is 1. The number of nitrogens with zero attached hydrogens (tertiary/aromatic N) is 1. The molecule has 3 nitrogen and oxygen atoms in total. The smallest absolute Gasteiger partial charge is 0.229 e. The summed E-state index contributed by atoms with van der Waals surface area (Å²) < 4.78 is 0. The van der Waals surface area contributed by atoms with E-state index >= 15 is 0 Å². The molecule has 0 aromatic heterocycles. The second kappa shape index (κ2) is 2.62. The van der Waals surface area contributed by atoms with Crippen molar-refractivity contribution < 1.29 is 4.79 Å². The van der Waals surface area contributed by atoms with Gasteiger partial charge in [0, 0.05) is 13.5 Å². The lowest BCUT2D eigenvalue weighted by Crippen LogP contribution is -2.25. The molecule has 1 heterocycles. The Labute approximate surface area is 64.3 Å². The molecular formula is C6H10N2OS. The average Bonchev–Trinajstić information content (AvgIpc) is 2.17. The van der Waals surface area contributed by atoms with Crippen LogP contribution >= 0.6 is 11.8 Å². The molecule has 0 bridgehead atoms. The molecule has 1 amide bonds. The minimum absolute atomic E-state index is 0.0596. The number of likely N-dealkylation sites (tertiary alicyclic amines) is 1. The zero-order valence-corrected chi connectivity index (χ0v) is 6.86. The van der Waals surface area contributed by atoms with Crippen molar-refractivity contribution in [3.8, 4) is 0 Å². The Morgan fingerprint density at radius 3 is 2.60 bits per heavy atom. The minimum atomic E-state index is 0.0596. The highest BCUT2D eigenvalue weighted by atomic mass is 32.2. The second-order valence-electron chi connectivity index (χ2n) is 2.27. The summed E-state index contributed by atoms with van der Waals surface area (Å²) in [7, 11) is 1.65. The molecule has 1 unspecified atom stereocenters. The van der Waals surface area contributed by atoms with Gasteiger partial charge in [-0.05, 0) is 6.26 Å². The Morgan fingerprint density at radius 2 is 2.40 bits per heavy atom. The number of carbonyl (C=O) groups excluding carboxylic acids is 1. The Kier molecular flexibility index (Phi) is 1.99. The van der Waals surface area contributed by atoms with Crippen LogP contribution in [0.2, 0.25) is 0 Å². The maximum absolute atomic E-state index is 10.9.